The van der Waals surface area contributed by atoms with Crippen molar-refractivity contribution in [3.8, 4) is 5.75 Å². The largest absolute Gasteiger partial charge is 0.478 e. The number of halogens is 1. The van der Waals surface area contributed by atoms with E-state index in [0.29, 0.717) is 5.75 Å². The smallest absolute Gasteiger partial charge is 0.335 e. The van der Waals surface area contributed by atoms with Crippen LogP contribution in [0.15, 0.2) is 24.3 Å². The Bertz CT molecular complexity index is 341. The Morgan fingerprint density at radius 3 is 2.64 bits per heavy atom. The van der Waals surface area contributed by atoms with Gasteiger partial charge >= 0.3 is 5.97 Å². The first-order chi connectivity index (χ1) is 6.38. The molecule has 4 heteroatoms. The van der Waals surface area contributed by atoms with Gasteiger partial charge in [0, 0.05) is 0 Å². The molecule has 0 fully saturated rings. The standard InChI is InChI=1S/C10H11ClO3/c1-10(2,11)14-8-5-3-4-7(6-8)9(12)13/h3-6H,1-2H3,(H,12,13). The third kappa shape index (κ3) is 3.26. The molecular formula is C10H11ClO3. The Hall–Kier alpha value is -1.22. The van der Waals surface area contributed by atoms with Crippen molar-refractivity contribution in [1.29, 1.82) is 0 Å². The van der Waals surface area contributed by atoms with Crippen LogP contribution in [0.4, 0.5) is 0 Å². The Morgan fingerprint density at radius 2 is 2.14 bits per heavy atom. The monoisotopic (exact) mass is 214 g/mol. The number of carbonyl (C=O) groups is 1. The van der Waals surface area contributed by atoms with Crippen LogP contribution >= 0.6 is 11.6 Å². The topological polar surface area (TPSA) is 46.5 Å². The van der Waals surface area contributed by atoms with Crippen molar-refractivity contribution in [3.05, 3.63) is 29.8 Å². The molecule has 0 unspecified atom stereocenters. The zero-order chi connectivity index (χ0) is 10.8. The number of carboxylic acids is 1. The molecule has 0 aliphatic rings. The van der Waals surface area contributed by atoms with Gasteiger partial charge in [-0.25, -0.2) is 4.79 Å². The molecule has 0 radical (unpaired) electrons. The Balaban J connectivity index is 2.89. The molecule has 0 spiro atoms. The molecule has 0 atom stereocenters. The summed E-state index contributed by atoms with van der Waals surface area (Å²) in [5, 5.41) is 7.88. The summed E-state index contributed by atoms with van der Waals surface area (Å²) in [6.45, 7) is 3.37. The molecule has 3 nitrogen and oxygen atoms in total. The molecule has 76 valence electrons. The maximum Gasteiger partial charge on any atom is 0.335 e. The maximum atomic E-state index is 10.6. The first-order valence-electron chi connectivity index (χ1n) is 4.10. The lowest BCUT2D eigenvalue weighted by Gasteiger charge is -2.18. The molecule has 0 bridgehead atoms. The summed E-state index contributed by atoms with van der Waals surface area (Å²) in [5.74, 6) is -0.535. The Morgan fingerprint density at radius 1 is 1.50 bits per heavy atom. The van der Waals surface area contributed by atoms with Crippen LogP contribution in [0.5, 0.6) is 5.75 Å². The average Bonchev–Trinajstić information content (AvgIpc) is 2.01. The van der Waals surface area contributed by atoms with Gasteiger partial charge in [0.15, 0.2) is 5.06 Å². The molecule has 0 saturated heterocycles. The molecule has 1 aromatic carbocycles. The fourth-order valence-corrected chi connectivity index (χ4v) is 1.06. The van der Waals surface area contributed by atoms with Crippen LogP contribution in [-0.2, 0) is 0 Å². The molecule has 1 rings (SSSR count). The second-order valence-electron chi connectivity index (χ2n) is 3.30. The summed E-state index contributed by atoms with van der Waals surface area (Å²) in [4.78, 5) is 10.6. The Labute approximate surface area is 87.3 Å². The van der Waals surface area contributed by atoms with Crippen molar-refractivity contribution in [2.45, 2.75) is 18.9 Å². The third-order valence-electron chi connectivity index (χ3n) is 1.44. The van der Waals surface area contributed by atoms with Crippen LogP contribution in [0.2, 0.25) is 0 Å². The fraction of sp³-hybridized carbons (Fsp3) is 0.300. The van der Waals surface area contributed by atoms with Crippen LogP contribution in [0.25, 0.3) is 0 Å². The van der Waals surface area contributed by atoms with Crippen LogP contribution in [0, 0.1) is 0 Å². The first-order valence-corrected chi connectivity index (χ1v) is 4.47. The normalized spacial score (nSPS) is 11.1. The molecule has 0 aromatic heterocycles. The molecule has 0 aliphatic carbocycles. The zero-order valence-electron chi connectivity index (χ0n) is 7.95. The lowest BCUT2D eigenvalue weighted by molar-refractivity contribution is 0.0696. The highest BCUT2D eigenvalue weighted by Crippen LogP contribution is 2.22. The highest BCUT2D eigenvalue weighted by atomic mass is 35.5. The van der Waals surface area contributed by atoms with Gasteiger partial charge in [-0.1, -0.05) is 17.7 Å². The highest BCUT2D eigenvalue weighted by molar-refractivity contribution is 6.22. The third-order valence-corrected chi connectivity index (χ3v) is 1.52. The lowest BCUT2D eigenvalue weighted by atomic mass is 10.2. The number of rotatable bonds is 3. The average molecular weight is 215 g/mol. The molecule has 0 heterocycles. The molecule has 0 saturated carbocycles. The van der Waals surface area contributed by atoms with Gasteiger partial charge in [-0.2, -0.15) is 0 Å². The zero-order valence-corrected chi connectivity index (χ0v) is 8.71. The second kappa shape index (κ2) is 3.88. The number of alkyl halides is 1. The van der Waals surface area contributed by atoms with Crippen molar-refractivity contribution in [3.63, 3.8) is 0 Å². The van der Waals surface area contributed by atoms with Gasteiger partial charge in [0.05, 0.1) is 5.56 Å². The van der Waals surface area contributed by atoms with E-state index in [4.69, 9.17) is 21.4 Å². The summed E-state index contributed by atoms with van der Waals surface area (Å²) in [6, 6.07) is 6.21. The SMILES string of the molecule is CC(C)(Cl)Oc1cccc(C(=O)O)c1. The molecular weight excluding hydrogens is 204 g/mol. The summed E-state index contributed by atoms with van der Waals surface area (Å²) in [5.41, 5.74) is 0.184. The minimum Gasteiger partial charge on any atom is -0.478 e. The van der Waals surface area contributed by atoms with Crippen LogP contribution in [0.1, 0.15) is 24.2 Å². The van der Waals surface area contributed by atoms with Crippen LogP contribution in [0.3, 0.4) is 0 Å². The minimum absolute atomic E-state index is 0.184. The number of aromatic carboxylic acids is 1. The van der Waals surface area contributed by atoms with Gasteiger partial charge in [0.25, 0.3) is 0 Å². The maximum absolute atomic E-state index is 10.6. The number of benzene rings is 1. The summed E-state index contributed by atoms with van der Waals surface area (Å²) < 4.78 is 5.29. The summed E-state index contributed by atoms with van der Waals surface area (Å²) in [7, 11) is 0. The number of hydrogen-bond donors (Lipinski definition) is 1. The van der Waals surface area contributed by atoms with Crippen molar-refractivity contribution in [2.24, 2.45) is 0 Å². The van der Waals surface area contributed by atoms with Gasteiger partial charge in [-0.05, 0) is 32.0 Å². The fourth-order valence-electron chi connectivity index (χ4n) is 0.973. The van der Waals surface area contributed by atoms with Crippen molar-refractivity contribution in [2.75, 3.05) is 0 Å². The van der Waals surface area contributed by atoms with E-state index in [1.807, 2.05) is 0 Å². The van der Waals surface area contributed by atoms with E-state index in [9.17, 15) is 4.79 Å². The highest BCUT2D eigenvalue weighted by Gasteiger charge is 2.15. The van der Waals surface area contributed by atoms with Crippen molar-refractivity contribution >= 4 is 17.6 Å². The van der Waals surface area contributed by atoms with Crippen molar-refractivity contribution < 1.29 is 14.6 Å². The van der Waals surface area contributed by atoms with E-state index in [1.54, 1.807) is 26.0 Å². The molecule has 0 amide bonds. The van der Waals surface area contributed by atoms with E-state index in [1.165, 1.54) is 12.1 Å². The first kappa shape index (κ1) is 10.9. The van der Waals surface area contributed by atoms with Crippen LogP contribution < -0.4 is 4.74 Å². The number of carboxylic acid groups (broad SMARTS) is 1. The van der Waals surface area contributed by atoms with Gasteiger partial charge in [-0.15, -0.1) is 0 Å². The number of ether oxygens (including phenoxy) is 1. The summed E-state index contributed by atoms with van der Waals surface area (Å²) >= 11 is 5.83. The predicted octanol–water partition coefficient (Wildman–Crippen LogP) is 2.74. The summed E-state index contributed by atoms with van der Waals surface area (Å²) in [6.07, 6.45) is 0. The molecule has 1 N–H and O–H groups in total. The lowest BCUT2D eigenvalue weighted by Crippen LogP contribution is -2.19. The number of hydrogen-bond acceptors (Lipinski definition) is 2. The van der Waals surface area contributed by atoms with Crippen LogP contribution in [-0.4, -0.2) is 16.1 Å². The van der Waals surface area contributed by atoms with E-state index >= 15 is 0 Å². The molecule has 0 aliphatic heterocycles. The van der Waals surface area contributed by atoms with Gasteiger partial charge in [-0.3, -0.25) is 0 Å². The predicted molar refractivity (Wildman–Crippen MR) is 54.0 cm³/mol. The molecule has 1 aromatic rings. The Kier molecular flexibility index (Phi) is 3.01. The minimum atomic E-state index is -0.983. The van der Waals surface area contributed by atoms with Crippen molar-refractivity contribution in [1.82, 2.24) is 0 Å². The molecule has 14 heavy (non-hydrogen) atoms. The van der Waals surface area contributed by atoms with E-state index < -0.39 is 11.0 Å². The van der Waals surface area contributed by atoms with Gasteiger partial charge < -0.3 is 9.84 Å². The quantitative estimate of drug-likeness (QED) is 0.787. The van der Waals surface area contributed by atoms with Gasteiger partial charge in [0.1, 0.15) is 5.75 Å². The van der Waals surface area contributed by atoms with Gasteiger partial charge in [0.2, 0.25) is 0 Å². The van der Waals surface area contributed by atoms with E-state index in [0.717, 1.165) is 0 Å². The second-order valence-corrected chi connectivity index (χ2v) is 4.21. The van der Waals surface area contributed by atoms with E-state index in [-0.39, 0.29) is 5.56 Å². The van der Waals surface area contributed by atoms with E-state index in [2.05, 4.69) is 0 Å².